The fourth-order valence-electron chi connectivity index (χ4n) is 0.759. The van der Waals surface area contributed by atoms with Crippen LogP contribution in [0.5, 0.6) is 0 Å². The van der Waals surface area contributed by atoms with E-state index >= 15 is 0 Å². The zero-order chi connectivity index (χ0) is 18.7. The molecule has 9 heteroatoms. The van der Waals surface area contributed by atoms with Gasteiger partial charge in [0.1, 0.15) is 0 Å². The van der Waals surface area contributed by atoms with Crippen LogP contribution in [0.15, 0.2) is 23.7 Å². The SMILES string of the molecule is CCOC(=O)C=C(C)[O-].CCOC(=O)C=C(C)[O-].[O-]CCC[O-].[Ti+4]. The number of hydrogen-bond donors (Lipinski definition) is 0. The van der Waals surface area contributed by atoms with E-state index < -0.39 is 11.9 Å². The van der Waals surface area contributed by atoms with E-state index in [1.807, 2.05) is 0 Å². The minimum absolute atomic E-state index is 0. The summed E-state index contributed by atoms with van der Waals surface area (Å²) >= 11 is 0. The zero-order valence-corrected chi connectivity index (χ0v) is 16.0. The van der Waals surface area contributed by atoms with Crippen LogP contribution in [0.1, 0.15) is 34.1 Å². The van der Waals surface area contributed by atoms with Crippen molar-refractivity contribution in [3.8, 4) is 0 Å². The van der Waals surface area contributed by atoms with Crippen LogP contribution in [0.4, 0.5) is 0 Å². The number of rotatable bonds is 6. The van der Waals surface area contributed by atoms with Crippen molar-refractivity contribution < 1.29 is 61.2 Å². The molecular formula is C15H24O8Ti. The maximum atomic E-state index is 10.4. The largest absolute Gasteiger partial charge is 4.00 e. The summed E-state index contributed by atoms with van der Waals surface area (Å²) in [6.45, 7) is 6.16. The molecule has 0 aromatic heterocycles. The van der Waals surface area contributed by atoms with Gasteiger partial charge in [-0.25, -0.2) is 9.59 Å². The third kappa shape index (κ3) is 37.2. The fourth-order valence-corrected chi connectivity index (χ4v) is 0.759. The first-order valence-electron chi connectivity index (χ1n) is 6.95. The van der Waals surface area contributed by atoms with E-state index in [-0.39, 0.29) is 52.9 Å². The Morgan fingerprint density at radius 3 is 1.25 bits per heavy atom. The second kappa shape index (κ2) is 23.9. The fraction of sp³-hybridized carbons (Fsp3) is 0.600. The summed E-state index contributed by atoms with van der Waals surface area (Å²) in [6, 6.07) is 0. The Kier molecular flexibility index (Phi) is 30.4. The second-order valence-corrected chi connectivity index (χ2v) is 3.78. The van der Waals surface area contributed by atoms with Crippen molar-refractivity contribution in [3.63, 3.8) is 0 Å². The molecule has 0 rings (SSSR count). The van der Waals surface area contributed by atoms with Crippen LogP contribution < -0.4 is 20.4 Å². The molecule has 0 fully saturated rings. The molecule has 0 atom stereocenters. The number of ether oxygens (including phenoxy) is 2. The summed E-state index contributed by atoms with van der Waals surface area (Å²) < 4.78 is 8.87. The maximum absolute atomic E-state index is 10.4. The first-order valence-corrected chi connectivity index (χ1v) is 6.95. The Morgan fingerprint density at radius 2 is 1.12 bits per heavy atom. The maximum Gasteiger partial charge on any atom is 4.00 e. The molecule has 8 nitrogen and oxygen atoms in total. The number of esters is 2. The van der Waals surface area contributed by atoms with Gasteiger partial charge in [-0.3, -0.25) is 0 Å². The molecule has 0 unspecified atom stereocenters. The van der Waals surface area contributed by atoms with Crippen molar-refractivity contribution in [3.05, 3.63) is 23.7 Å². The molecule has 0 heterocycles. The van der Waals surface area contributed by atoms with Crippen molar-refractivity contribution in [2.45, 2.75) is 34.1 Å². The molecule has 0 aliphatic rings. The van der Waals surface area contributed by atoms with Crippen molar-refractivity contribution in [1.29, 1.82) is 0 Å². The quantitative estimate of drug-likeness (QED) is 0.217. The minimum atomic E-state index is -0.565. The van der Waals surface area contributed by atoms with E-state index in [9.17, 15) is 30.0 Å². The first kappa shape index (κ1) is 30.5. The van der Waals surface area contributed by atoms with Crippen molar-refractivity contribution in [2.75, 3.05) is 26.4 Å². The van der Waals surface area contributed by atoms with Crippen molar-refractivity contribution in [1.82, 2.24) is 0 Å². The van der Waals surface area contributed by atoms with E-state index in [2.05, 4.69) is 9.47 Å². The summed E-state index contributed by atoms with van der Waals surface area (Å²) in [4.78, 5) is 20.7. The van der Waals surface area contributed by atoms with E-state index in [4.69, 9.17) is 0 Å². The number of carbonyl (C=O) groups is 2. The smallest absolute Gasteiger partial charge is 0.875 e. The molecule has 0 bridgehead atoms. The number of carbonyl (C=O) groups excluding carboxylic acids is 2. The molecule has 0 aliphatic carbocycles. The molecule has 0 spiro atoms. The third-order valence-electron chi connectivity index (χ3n) is 1.50. The van der Waals surface area contributed by atoms with Crippen LogP contribution in [0.3, 0.4) is 0 Å². The van der Waals surface area contributed by atoms with Crippen molar-refractivity contribution >= 4 is 11.9 Å². The predicted molar refractivity (Wildman–Crippen MR) is 75.1 cm³/mol. The molecule has 0 amide bonds. The molecule has 24 heavy (non-hydrogen) atoms. The molecule has 0 N–H and O–H groups in total. The molecule has 136 valence electrons. The zero-order valence-electron chi connectivity index (χ0n) is 14.5. The molecule has 0 aliphatic heterocycles. The first-order chi connectivity index (χ1) is 10.7. The van der Waals surface area contributed by atoms with Crippen LogP contribution in [-0.4, -0.2) is 38.4 Å². The Morgan fingerprint density at radius 1 is 0.833 bits per heavy atom. The van der Waals surface area contributed by atoms with Gasteiger partial charge in [-0.05, 0) is 13.8 Å². The van der Waals surface area contributed by atoms with Gasteiger partial charge in [0.05, 0.1) is 13.2 Å². The summed E-state index contributed by atoms with van der Waals surface area (Å²) in [7, 11) is 0. The summed E-state index contributed by atoms with van der Waals surface area (Å²) in [6.07, 6.45) is 2.12. The molecule has 0 aromatic rings. The van der Waals surface area contributed by atoms with Gasteiger partial charge in [0.25, 0.3) is 0 Å². The minimum Gasteiger partial charge on any atom is -0.875 e. The normalized spacial score (nSPS) is 10.1. The van der Waals surface area contributed by atoms with Crippen LogP contribution in [0.25, 0.3) is 0 Å². The summed E-state index contributed by atoms with van der Waals surface area (Å²) in [5.41, 5.74) is 0. The third-order valence-corrected chi connectivity index (χ3v) is 1.50. The number of allylic oxidation sites excluding steroid dienone is 2. The number of hydrogen-bond acceptors (Lipinski definition) is 8. The van der Waals surface area contributed by atoms with Gasteiger partial charge in [-0.15, -0.1) is 24.7 Å². The Balaban J connectivity index is -0.000000128. The topological polar surface area (TPSA) is 145 Å². The van der Waals surface area contributed by atoms with Gasteiger partial charge in [0, 0.05) is 12.2 Å². The Labute approximate surface area is 157 Å². The molecule has 0 saturated carbocycles. The van der Waals surface area contributed by atoms with Crippen LogP contribution >= 0.6 is 0 Å². The van der Waals surface area contributed by atoms with Crippen LogP contribution in [-0.2, 0) is 40.8 Å². The van der Waals surface area contributed by atoms with E-state index in [1.165, 1.54) is 13.8 Å². The molecule has 0 radical (unpaired) electrons. The monoisotopic (exact) mass is 380 g/mol. The second-order valence-electron chi connectivity index (χ2n) is 3.78. The van der Waals surface area contributed by atoms with Crippen LogP contribution in [0.2, 0.25) is 0 Å². The summed E-state index contributed by atoms with van der Waals surface area (Å²) in [5.74, 6) is -1.70. The van der Waals surface area contributed by atoms with E-state index in [0.717, 1.165) is 12.2 Å². The predicted octanol–water partition coefficient (Wildman–Crippen LogP) is -2.28. The molecule has 0 aromatic carbocycles. The van der Waals surface area contributed by atoms with Gasteiger partial charge in [-0.2, -0.15) is 0 Å². The van der Waals surface area contributed by atoms with Gasteiger partial charge >= 0.3 is 33.7 Å². The average Bonchev–Trinajstić information content (AvgIpc) is 2.39. The Hall–Kier alpha value is -1.35. The van der Waals surface area contributed by atoms with Gasteiger partial charge in [-0.1, -0.05) is 20.3 Å². The Bertz CT molecular complexity index is 324. The van der Waals surface area contributed by atoms with Crippen LogP contribution in [0, 0.1) is 0 Å². The van der Waals surface area contributed by atoms with E-state index in [1.54, 1.807) is 13.8 Å². The standard InChI is InChI=1S/2C6H10O3.C3H6O2.Ti/c2*1-3-9-6(8)4-5(2)7;4-2-1-3-5;/h2*4,7H,3H2,1-2H3;1-3H2;/q;;-2;+4/p-2. The van der Waals surface area contributed by atoms with Gasteiger partial charge in [0.15, 0.2) is 0 Å². The van der Waals surface area contributed by atoms with Gasteiger partial charge in [0.2, 0.25) is 0 Å². The van der Waals surface area contributed by atoms with Gasteiger partial charge < -0.3 is 29.9 Å². The summed E-state index contributed by atoms with van der Waals surface area (Å²) in [5, 5.41) is 39.0. The van der Waals surface area contributed by atoms with E-state index in [0.29, 0.717) is 13.2 Å². The van der Waals surface area contributed by atoms with Crippen molar-refractivity contribution in [2.24, 2.45) is 0 Å². The molecule has 0 saturated heterocycles. The molecular weight excluding hydrogens is 356 g/mol. The average molecular weight is 380 g/mol.